The highest BCUT2D eigenvalue weighted by Gasteiger charge is 2.22. The van der Waals surface area contributed by atoms with E-state index in [2.05, 4.69) is 0 Å². The number of aliphatic hydroxyl groups excluding tert-OH is 1. The van der Waals surface area contributed by atoms with Crippen molar-refractivity contribution in [2.75, 3.05) is 0 Å². The van der Waals surface area contributed by atoms with Crippen molar-refractivity contribution < 1.29 is 24.5 Å². The molecule has 0 saturated heterocycles. The molecule has 2 N–H and O–H groups in total. The zero-order chi connectivity index (χ0) is 13.7. The first kappa shape index (κ1) is 14.2. The lowest BCUT2D eigenvalue weighted by molar-refractivity contribution is -0.0136. The molecule has 0 fully saturated rings. The lowest BCUT2D eigenvalue weighted by Crippen LogP contribution is -2.29. The van der Waals surface area contributed by atoms with Gasteiger partial charge in [0.1, 0.15) is 6.10 Å². The Hall–Kier alpha value is -1.88. The Kier molecular flexibility index (Phi) is 4.85. The maximum atomic E-state index is 11.8. The number of aliphatic hydroxyl groups is 1. The summed E-state index contributed by atoms with van der Waals surface area (Å²) in [6, 6.07) is 5.82. The van der Waals surface area contributed by atoms with Gasteiger partial charge >= 0.3 is 11.9 Å². The van der Waals surface area contributed by atoms with Crippen molar-refractivity contribution in [3.63, 3.8) is 0 Å². The molecular weight excluding hydrogens is 236 g/mol. The van der Waals surface area contributed by atoms with Gasteiger partial charge in [-0.15, -0.1) is 0 Å². The van der Waals surface area contributed by atoms with Crippen LogP contribution in [-0.2, 0) is 4.74 Å². The van der Waals surface area contributed by atoms with E-state index >= 15 is 0 Å². The second kappa shape index (κ2) is 6.16. The molecule has 0 spiro atoms. The monoisotopic (exact) mass is 252 g/mol. The van der Waals surface area contributed by atoms with E-state index in [1.54, 1.807) is 13.0 Å². The summed E-state index contributed by atoms with van der Waals surface area (Å²) in [5.74, 6) is -1.92. The van der Waals surface area contributed by atoms with Crippen molar-refractivity contribution in [1.29, 1.82) is 0 Å². The van der Waals surface area contributed by atoms with Gasteiger partial charge < -0.3 is 14.9 Å². The third kappa shape index (κ3) is 3.30. The molecule has 0 aliphatic carbocycles. The number of benzene rings is 1. The van der Waals surface area contributed by atoms with Gasteiger partial charge in [-0.3, -0.25) is 0 Å². The third-order valence-corrected chi connectivity index (χ3v) is 2.58. The minimum absolute atomic E-state index is 0.0101. The smallest absolute Gasteiger partial charge is 0.339 e. The van der Waals surface area contributed by atoms with E-state index in [0.717, 1.165) is 0 Å². The summed E-state index contributed by atoms with van der Waals surface area (Å²) >= 11 is 0. The first-order valence-electron chi connectivity index (χ1n) is 5.68. The Morgan fingerprint density at radius 3 is 2.28 bits per heavy atom. The molecule has 0 aliphatic rings. The number of esters is 1. The minimum Gasteiger partial charge on any atom is -0.478 e. The lowest BCUT2D eigenvalue weighted by atomic mass is 10.1. The highest BCUT2D eigenvalue weighted by molar-refractivity contribution is 6.02. The van der Waals surface area contributed by atoms with Gasteiger partial charge in [0.2, 0.25) is 0 Å². The number of carbonyl (C=O) groups is 2. The Balaban J connectivity index is 2.94. The quantitative estimate of drug-likeness (QED) is 0.779. The second-order valence-electron chi connectivity index (χ2n) is 3.94. The summed E-state index contributed by atoms with van der Waals surface area (Å²) in [5.41, 5.74) is -0.118. The van der Waals surface area contributed by atoms with Crippen LogP contribution in [0.25, 0.3) is 0 Å². The highest BCUT2D eigenvalue weighted by atomic mass is 16.6. The first-order chi connectivity index (χ1) is 8.47. The van der Waals surface area contributed by atoms with Gasteiger partial charge in [-0.1, -0.05) is 19.1 Å². The molecule has 1 aromatic rings. The SMILES string of the molecule is CCC(OC(=O)c1ccccc1C(=O)O)C(C)O. The molecule has 18 heavy (non-hydrogen) atoms. The molecule has 2 unspecified atom stereocenters. The molecule has 2 atom stereocenters. The van der Waals surface area contributed by atoms with E-state index in [1.807, 2.05) is 0 Å². The number of hydrogen-bond donors (Lipinski definition) is 2. The van der Waals surface area contributed by atoms with Crippen molar-refractivity contribution in [2.45, 2.75) is 32.5 Å². The summed E-state index contributed by atoms with van der Waals surface area (Å²) in [6.45, 7) is 3.29. The molecule has 0 heterocycles. The van der Waals surface area contributed by atoms with Crippen LogP contribution in [0.3, 0.4) is 0 Å². The average Bonchev–Trinajstić information content (AvgIpc) is 2.35. The average molecular weight is 252 g/mol. The Bertz CT molecular complexity index is 439. The number of rotatable bonds is 5. The van der Waals surface area contributed by atoms with Crippen LogP contribution >= 0.6 is 0 Å². The zero-order valence-corrected chi connectivity index (χ0v) is 10.3. The number of hydrogen-bond acceptors (Lipinski definition) is 4. The van der Waals surface area contributed by atoms with Crippen molar-refractivity contribution in [3.05, 3.63) is 35.4 Å². The predicted molar refractivity (Wildman–Crippen MR) is 64.6 cm³/mol. The molecule has 0 amide bonds. The van der Waals surface area contributed by atoms with Crippen LogP contribution < -0.4 is 0 Å². The van der Waals surface area contributed by atoms with Crippen LogP contribution in [0.2, 0.25) is 0 Å². The third-order valence-electron chi connectivity index (χ3n) is 2.58. The number of ether oxygens (including phenoxy) is 1. The topological polar surface area (TPSA) is 83.8 Å². The van der Waals surface area contributed by atoms with Gasteiger partial charge in [-0.25, -0.2) is 9.59 Å². The molecule has 0 saturated carbocycles. The molecule has 0 aliphatic heterocycles. The fourth-order valence-corrected chi connectivity index (χ4v) is 1.57. The van der Waals surface area contributed by atoms with Gasteiger partial charge in [0.15, 0.2) is 0 Å². The Morgan fingerprint density at radius 2 is 1.83 bits per heavy atom. The van der Waals surface area contributed by atoms with Gasteiger partial charge in [-0.2, -0.15) is 0 Å². The van der Waals surface area contributed by atoms with Crippen molar-refractivity contribution in [1.82, 2.24) is 0 Å². The van der Waals surface area contributed by atoms with E-state index in [-0.39, 0.29) is 11.1 Å². The van der Waals surface area contributed by atoms with Gasteiger partial charge in [0, 0.05) is 0 Å². The molecule has 0 bridgehead atoms. The standard InChI is InChI=1S/C13H16O5/c1-3-11(8(2)14)18-13(17)10-7-5-4-6-9(10)12(15)16/h4-8,11,14H,3H2,1-2H3,(H,15,16). The van der Waals surface area contributed by atoms with Crippen molar-refractivity contribution >= 4 is 11.9 Å². The Labute approximate surface area is 105 Å². The predicted octanol–water partition coefficient (Wildman–Crippen LogP) is 1.70. The molecule has 1 rings (SSSR count). The van der Waals surface area contributed by atoms with Crippen LogP contribution in [0.15, 0.2) is 24.3 Å². The fraction of sp³-hybridized carbons (Fsp3) is 0.385. The Morgan fingerprint density at radius 1 is 1.28 bits per heavy atom. The molecule has 5 nitrogen and oxygen atoms in total. The lowest BCUT2D eigenvalue weighted by Gasteiger charge is -2.19. The molecule has 0 aromatic heterocycles. The van der Waals surface area contributed by atoms with Gasteiger partial charge in [-0.05, 0) is 25.5 Å². The number of carbonyl (C=O) groups excluding carboxylic acids is 1. The molecule has 0 radical (unpaired) electrons. The van der Waals surface area contributed by atoms with Crippen LogP contribution in [0.4, 0.5) is 0 Å². The van der Waals surface area contributed by atoms with Crippen molar-refractivity contribution in [3.8, 4) is 0 Å². The molecule has 5 heteroatoms. The van der Waals surface area contributed by atoms with E-state index in [4.69, 9.17) is 9.84 Å². The van der Waals surface area contributed by atoms with Crippen molar-refractivity contribution in [2.24, 2.45) is 0 Å². The summed E-state index contributed by atoms with van der Waals surface area (Å²) in [6.07, 6.45) is -0.978. The van der Waals surface area contributed by atoms with E-state index in [9.17, 15) is 14.7 Å². The summed E-state index contributed by atoms with van der Waals surface area (Å²) in [5, 5.41) is 18.4. The van der Waals surface area contributed by atoms with Crippen LogP contribution in [0.1, 0.15) is 41.0 Å². The van der Waals surface area contributed by atoms with E-state index in [0.29, 0.717) is 6.42 Å². The first-order valence-corrected chi connectivity index (χ1v) is 5.68. The van der Waals surface area contributed by atoms with Crippen LogP contribution in [-0.4, -0.2) is 34.4 Å². The normalized spacial score (nSPS) is 13.7. The molecular formula is C13H16O5. The van der Waals surface area contributed by atoms with E-state index in [1.165, 1.54) is 25.1 Å². The summed E-state index contributed by atoms with van der Waals surface area (Å²) in [7, 11) is 0. The number of carboxylic acid groups (broad SMARTS) is 1. The summed E-state index contributed by atoms with van der Waals surface area (Å²) < 4.78 is 5.09. The van der Waals surface area contributed by atoms with Gasteiger partial charge in [0.05, 0.1) is 17.2 Å². The highest BCUT2D eigenvalue weighted by Crippen LogP contribution is 2.13. The van der Waals surface area contributed by atoms with Gasteiger partial charge in [0.25, 0.3) is 0 Å². The maximum absolute atomic E-state index is 11.8. The number of carboxylic acids is 1. The van der Waals surface area contributed by atoms with Crippen LogP contribution in [0, 0.1) is 0 Å². The maximum Gasteiger partial charge on any atom is 0.339 e. The molecule has 98 valence electrons. The number of aromatic carboxylic acids is 1. The minimum atomic E-state index is -1.19. The fourth-order valence-electron chi connectivity index (χ4n) is 1.57. The zero-order valence-electron chi connectivity index (χ0n) is 10.3. The van der Waals surface area contributed by atoms with Crippen LogP contribution in [0.5, 0.6) is 0 Å². The van der Waals surface area contributed by atoms with E-state index < -0.39 is 24.1 Å². The second-order valence-corrected chi connectivity index (χ2v) is 3.94. The summed E-state index contributed by atoms with van der Waals surface area (Å²) in [4.78, 5) is 22.8. The molecule has 1 aromatic carbocycles. The largest absolute Gasteiger partial charge is 0.478 e.